The molecule has 0 heterocycles. The maximum absolute atomic E-state index is 6.25. The van der Waals surface area contributed by atoms with Gasteiger partial charge in [0.25, 0.3) is 0 Å². The molecule has 0 aromatic heterocycles. The van der Waals surface area contributed by atoms with E-state index < -0.39 is 13.2 Å². The first-order chi connectivity index (χ1) is 5.83. The zero-order chi connectivity index (χ0) is 8.81. The second-order valence-electron chi connectivity index (χ2n) is 3.08. The molecule has 2 heteroatoms. The van der Waals surface area contributed by atoms with Crippen molar-refractivity contribution in [1.29, 1.82) is 0 Å². The van der Waals surface area contributed by atoms with Gasteiger partial charge in [0, 0.05) is 0 Å². The third-order valence-corrected chi connectivity index (χ3v) is 5.14. The summed E-state index contributed by atoms with van der Waals surface area (Å²) >= 11 is -0.957. The van der Waals surface area contributed by atoms with Gasteiger partial charge in [-0.1, -0.05) is 59.8 Å². The van der Waals surface area contributed by atoms with Gasteiger partial charge in [0.1, 0.15) is 0 Å². The highest BCUT2D eigenvalue weighted by atomic mass is 35.6. The Bertz CT molecular complexity index is 210. The van der Waals surface area contributed by atoms with Crippen molar-refractivity contribution in [1.82, 2.24) is 0 Å². The second kappa shape index (κ2) is 5.65. The van der Waals surface area contributed by atoms with Crippen LogP contribution in [0.25, 0.3) is 0 Å². The predicted molar refractivity (Wildman–Crippen MR) is 56.9 cm³/mol. The molecular formula is C10H14AlCl. The van der Waals surface area contributed by atoms with Crippen LogP contribution in [0.3, 0.4) is 0 Å². The van der Waals surface area contributed by atoms with Crippen LogP contribution in [-0.4, -0.2) is 13.2 Å². The fraction of sp³-hybridized carbons (Fsp3) is 0.400. The summed E-state index contributed by atoms with van der Waals surface area (Å²) in [5.41, 5.74) is 1.40. The zero-order valence-electron chi connectivity index (χ0n) is 7.46. The molecule has 0 radical (unpaired) electrons. The van der Waals surface area contributed by atoms with Crippen molar-refractivity contribution in [3.05, 3.63) is 35.9 Å². The van der Waals surface area contributed by atoms with E-state index in [0.29, 0.717) is 0 Å². The van der Waals surface area contributed by atoms with Crippen molar-refractivity contribution in [3.8, 4) is 0 Å². The lowest BCUT2D eigenvalue weighted by atomic mass is 10.2. The lowest BCUT2D eigenvalue weighted by molar-refractivity contribution is 1.06. The first-order valence-electron chi connectivity index (χ1n) is 4.51. The van der Waals surface area contributed by atoms with Gasteiger partial charge in [0.05, 0.1) is 0 Å². The largest absolute Gasteiger partial charge is 0.404 e. The van der Waals surface area contributed by atoms with Gasteiger partial charge < -0.3 is 0 Å². The molecule has 0 amide bonds. The van der Waals surface area contributed by atoms with Crippen molar-refractivity contribution in [3.63, 3.8) is 0 Å². The van der Waals surface area contributed by atoms with Gasteiger partial charge in [0.2, 0.25) is 0 Å². The molecule has 12 heavy (non-hydrogen) atoms. The Balaban J connectivity index is 2.41. The summed E-state index contributed by atoms with van der Waals surface area (Å²) < 4.78 is 0. The quantitative estimate of drug-likeness (QED) is 0.648. The van der Waals surface area contributed by atoms with Crippen LogP contribution in [0.5, 0.6) is 0 Å². The third kappa shape index (κ3) is 3.63. The van der Waals surface area contributed by atoms with Crippen LogP contribution in [0.1, 0.15) is 18.9 Å². The minimum atomic E-state index is -0.957. The second-order valence-corrected chi connectivity index (χ2v) is 7.11. The summed E-state index contributed by atoms with van der Waals surface area (Å²) in [5, 5.41) is 2.38. The van der Waals surface area contributed by atoms with Crippen LogP contribution in [0.4, 0.5) is 0 Å². The van der Waals surface area contributed by atoms with E-state index in [1.54, 1.807) is 0 Å². The molecule has 0 nitrogen and oxygen atoms in total. The van der Waals surface area contributed by atoms with E-state index in [-0.39, 0.29) is 0 Å². The maximum atomic E-state index is 6.25. The Hall–Kier alpha value is 0.0425. The number of benzene rings is 1. The van der Waals surface area contributed by atoms with Crippen LogP contribution in [-0.2, 0) is 5.28 Å². The van der Waals surface area contributed by atoms with Crippen LogP contribution in [0.15, 0.2) is 30.3 Å². The fourth-order valence-corrected chi connectivity index (χ4v) is 4.09. The lowest BCUT2D eigenvalue weighted by Crippen LogP contribution is -2.07. The highest BCUT2D eigenvalue weighted by Gasteiger charge is 2.13. The van der Waals surface area contributed by atoms with Gasteiger partial charge in [-0.15, -0.1) is 0 Å². The van der Waals surface area contributed by atoms with Gasteiger partial charge in [-0.2, -0.15) is 0 Å². The van der Waals surface area contributed by atoms with Crippen molar-refractivity contribution in [2.45, 2.75) is 23.9 Å². The molecule has 0 bridgehead atoms. The van der Waals surface area contributed by atoms with Crippen molar-refractivity contribution in [2.24, 2.45) is 0 Å². The average molecular weight is 197 g/mol. The van der Waals surface area contributed by atoms with E-state index in [2.05, 4.69) is 31.2 Å². The molecule has 0 saturated carbocycles. The monoisotopic (exact) mass is 196 g/mol. The van der Waals surface area contributed by atoms with E-state index in [4.69, 9.17) is 10.0 Å². The lowest BCUT2D eigenvalue weighted by Gasteiger charge is -2.01. The summed E-state index contributed by atoms with van der Waals surface area (Å²) in [6.07, 6.45) is 1.23. The van der Waals surface area contributed by atoms with E-state index in [0.717, 1.165) is 5.28 Å². The van der Waals surface area contributed by atoms with Gasteiger partial charge in [-0.25, -0.2) is 0 Å². The number of rotatable bonds is 4. The van der Waals surface area contributed by atoms with Crippen LogP contribution >= 0.6 is 10.0 Å². The summed E-state index contributed by atoms with van der Waals surface area (Å²) in [5.74, 6) is 0. The fourth-order valence-electron chi connectivity index (χ4n) is 1.29. The van der Waals surface area contributed by atoms with Gasteiger partial charge >= 0.3 is 13.2 Å². The van der Waals surface area contributed by atoms with Gasteiger partial charge in [0.15, 0.2) is 0 Å². The SMILES string of the molecule is CC[CH2][Al]([Cl])[CH2]c1ccccc1. The first-order valence-corrected chi connectivity index (χ1v) is 7.88. The summed E-state index contributed by atoms with van der Waals surface area (Å²) in [4.78, 5) is 0. The maximum Gasteiger partial charge on any atom is 0.404 e. The predicted octanol–water partition coefficient (Wildman–Crippen LogP) is 3.41. The standard InChI is InChI=1S/C7H7.C3H7.Al.ClH/c1-7-5-3-2-4-6-7;1-3-2;;/h2-6H,1H2;1,3H2,2H3;;1H/q;;+1;/p-1. The molecule has 0 aliphatic rings. The molecule has 0 fully saturated rings. The minimum absolute atomic E-state index is 0.957. The van der Waals surface area contributed by atoms with Crippen molar-refractivity contribution >= 4 is 23.3 Å². The number of hydrogen-bond donors (Lipinski definition) is 0. The van der Waals surface area contributed by atoms with Crippen LogP contribution in [0.2, 0.25) is 5.28 Å². The molecule has 0 unspecified atom stereocenters. The molecule has 1 aromatic carbocycles. The molecule has 64 valence electrons. The van der Waals surface area contributed by atoms with E-state index in [1.807, 2.05) is 6.07 Å². The molecule has 0 N–H and O–H groups in total. The summed E-state index contributed by atoms with van der Waals surface area (Å²) in [7, 11) is 6.25. The van der Waals surface area contributed by atoms with Crippen LogP contribution < -0.4 is 0 Å². The number of hydrogen-bond acceptors (Lipinski definition) is 0. The summed E-state index contributed by atoms with van der Waals surface area (Å²) in [6, 6.07) is 10.5. The van der Waals surface area contributed by atoms with Gasteiger partial charge in [-0.3, -0.25) is 10.0 Å². The third-order valence-electron chi connectivity index (χ3n) is 1.90. The topological polar surface area (TPSA) is 0 Å². The van der Waals surface area contributed by atoms with Crippen molar-refractivity contribution in [2.75, 3.05) is 0 Å². The molecule has 0 aliphatic heterocycles. The highest BCUT2D eigenvalue weighted by Crippen LogP contribution is 2.09. The average Bonchev–Trinajstić information content (AvgIpc) is 2.06. The van der Waals surface area contributed by atoms with Gasteiger partial charge in [-0.05, 0) is 0 Å². The molecule has 1 aromatic rings. The molecule has 0 spiro atoms. The Morgan fingerprint density at radius 2 is 1.92 bits per heavy atom. The van der Waals surface area contributed by atoms with Crippen LogP contribution in [0, 0.1) is 0 Å². The Kier molecular flexibility index (Phi) is 4.77. The first kappa shape index (κ1) is 10.1. The number of halogens is 1. The molecular weight excluding hydrogens is 183 g/mol. The Morgan fingerprint density at radius 1 is 1.25 bits per heavy atom. The smallest absolute Gasteiger partial charge is 0.261 e. The normalized spacial score (nSPS) is 9.83. The van der Waals surface area contributed by atoms with Crippen molar-refractivity contribution < 1.29 is 0 Å². The van der Waals surface area contributed by atoms with E-state index in [9.17, 15) is 0 Å². The Labute approximate surface area is 83.2 Å². The molecule has 0 atom stereocenters. The molecule has 0 saturated heterocycles. The highest BCUT2D eigenvalue weighted by molar-refractivity contribution is 7.06. The zero-order valence-corrected chi connectivity index (χ0v) is 9.37. The Morgan fingerprint density at radius 3 is 2.50 bits per heavy atom. The van der Waals surface area contributed by atoms with E-state index >= 15 is 0 Å². The minimum Gasteiger partial charge on any atom is -0.261 e. The summed E-state index contributed by atoms with van der Waals surface area (Å²) in [6.45, 7) is 2.20. The molecule has 0 aliphatic carbocycles. The molecule has 1 rings (SSSR count). The van der Waals surface area contributed by atoms with E-state index in [1.165, 1.54) is 17.3 Å².